The number of carbonyl (C=O) groups excluding carboxylic acids is 3. The number of amides is 2. The Hall–Kier alpha value is -2.32. The van der Waals surface area contributed by atoms with E-state index in [1.54, 1.807) is 12.4 Å². The molecule has 4 aliphatic carbocycles. The van der Waals surface area contributed by atoms with E-state index in [0.29, 0.717) is 37.6 Å². The second kappa shape index (κ2) is 8.84. The number of carbonyl (C=O) groups is 3. The highest BCUT2D eigenvalue weighted by atomic mass is 16.6. The van der Waals surface area contributed by atoms with Gasteiger partial charge in [0.1, 0.15) is 11.9 Å². The molecule has 8 nitrogen and oxygen atoms in total. The van der Waals surface area contributed by atoms with Crippen LogP contribution in [0.4, 0.5) is 4.79 Å². The number of imide groups is 1. The molecule has 1 aromatic rings. The third kappa shape index (κ3) is 3.77. The van der Waals surface area contributed by atoms with Crippen LogP contribution < -0.4 is 5.32 Å². The molecule has 0 aromatic carbocycles. The fraction of sp³-hybridized carbons (Fsp3) is 0.742. The van der Waals surface area contributed by atoms with Gasteiger partial charge in [-0.25, -0.2) is 4.79 Å². The molecule has 39 heavy (non-hydrogen) atoms. The average Bonchev–Trinajstić information content (AvgIpc) is 3.19. The van der Waals surface area contributed by atoms with Crippen LogP contribution in [0.3, 0.4) is 0 Å². The van der Waals surface area contributed by atoms with Crippen molar-refractivity contribution in [1.82, 2.24) is 15.2 Å². The lowest BCUT2D eigenvalue weighted by Gasteiger charge is -2.56. The molecule has 4 bridgehead atoms. The molecule has 2 amide bonds. The monoisotopic (exact) mass is 535 g/mol. The summed E-state index contributed by atoms with van der Waals surface area (Å²) in [5.41, 5.74) is -0.155. The normalized spacial score (nSPS) is 47.5. The van der Waals surface area contributed by atoms with E-state index in [1.165, 1.54) is 0 Å². The summed E-state index contributed by atoms with van der Waals surface area (Å²) in [7, 11) is 0. The van der Waals surface area contributed by atoms with E-state index >= 15 is 0 Å². The number of aliphatic hydroxyl groups is 1. The molecule has 0 radical (unpaired) electrons. The number of aliphatic hydroxyl groups excluding tert-OH is 1. The van der Waals surface area contributed by atoms with Crippen LogP contribution in [0.1, 0.15) is 64.4 Å². The number of nitrogens with zero attached hydrogens (tertiary/aromatic N) is 2. The molecule has 8 heteroatoms. The van der Waals surface area contributed by atoms with Crippen molar-refractivity contribution < 1.29 is 24.2 Å². The number of hydrogen-bond acceptors (Lipinski definition) is 7. The van der Waals surface area contributed by atoms with E-state index in [-0.39, 0.29) is 34.9 Å². The summed E-state index contributed by atoms with van der Waals surface area (Å²) in [6.07, 6.45) is 7.88. The first-order valence-electron chi connectivity index (χ1n) is 15.0. The van der Waals surface area contributed by atoms with Crippen LogP contribution in [0.25, 0.3) is 0 Å². The first-order valence-corrected chi connectivity index (χ1v) is 15.0. The van der Waals surface area contributed by atoms with Gasteiger partial charge < -0.3 is 14.7 Å². The maximum atomic E-state index is 13.6. The van der Waals surface area contributed by atoms with Gasteiger partial charge >= 0.3 is 6.09 Å². The third-order valence-electron chi connectivity index (χ3n) is 12.3. The summed E-state index contributed by atoms with van der Waals surface area (Å²) in [6, 6.07) is 3.96. The molecule has 2 saturated heterocycles. The molecule has 6 fully saturated rings. The second-order valence-electron chi connectivity index (χ2n) is 14.1. The number of nitrogens with one attached hydrogen (secondary N) is 1. The summed E-state index contributed by atoms with van der Waals surface area (Å²) in [5.74, 6) is 0.280. The molecule has 2 N–H and O–H groups in total. The van der Waals surface area contributed by atoms with Crippen LogP contribution >= 0.6 is 0 Å². The van der Waals surface area contributed by atoms with Gasteiger partial charge in [0.25, 0.3) is 0 Å². The lowest BCUT2D eigenvalue weighted by Crippen LogP contribution is -2.59. The van der Waals surface area contributed by atoms with E-state index in [1.807, 2.05) is 12.1 Å². The summed E-state index contributed by atoms with van der Waals surface area (Å²) in [6.45, 7) is 6.91. The Morgan fingerprint density at radius 3 is 2.69 bits per heavy atom. The number of alkyl carbamates (subject to hydrolysis) is 1. The van der Waals surface area contributed by atoms with Crippen LogP contribution in [-0.4, -0.2) is 64.6 Å². The number of rotatable bonds is 4. The highest BCUT2D eigenvalue weighted by molar-refractivity contribution is 5.93. The van der Waals surface area contributed by atoms with Gasteiger partial charge in [0.05, 0.1) is 12.0 Å². The Morgan fingerprint density at radius 1 is 1.18 bits per heavy atom. The fourth-order valence-electron chi connectivity index (χ4n) is 10.3. The van der Waals surface area contributed by atoms with Crippen molar-refractivity contribution in [2.45, 2.75) is 77.4 Å². The van der Waals surface area contributed by atoms with Gasteiger partial charge in [-0.1, -0.05) is 13.8 Å². The summed E-state index contributed by atoms with van der Waals surface area (Å²) in [5, 5.41) is 14.6. The number of fused-ring (bicyclic) bond motifs is 2. The molecule has 11 atom stereocenters. The quantitative estimate of drug-likeness (QED) is 0.609. The number of aromatic nitrogens is 1. The standard InChI is InChI=1S/C31H41N3O5/c1-18-26(36)29(2,13-19-5-10-32-11-6-19)15-24(31-14-21(31)3-8-30(18)9-4-23(35)25(30)31)39-28(38)33-27(37)22-17-34-12-7-20(22)16-34/h5-6,10-11,18,20-22,24-26,36H,3-4,7-9,12-17H2,1-2H3,(H,33,37,38)/t18-,20+,21-,22-,24+,25?,26-,29+,30?,31-/m0/s1. The third-order valence-corrected chi connectivity index (χ3v) is 12.3. The van der Waals surface area contributed by atoms with Crippen LogP contribution in [0.15, 0.2) is 24.5 Å². The van der Waals surface area contributed by atoms with Crippen molar-refractivity contribution in [3.63, 3.8) is 0 Å². The van der Waals surface area contributed by atoms with Crippen molar-refractivity contribution in [3.05, 3.63) is 30.1 Å². The molecule has 7 rings (SSSR count). The Labute approximate surface area is 230 Å². The zero-order valence-electron chi connectivity index (χ0n) is 23.1. The topological polar surface area (TPSA) is 109 Å². The van der Waals surface area contributed by atoms with Crippen LogP contribution in [0.2, 0.25) is 0 Å². The Morgan fingerprint density at radius 2 is 1.97 bits per heavy atom. The van der Waals surface area contributed by atoms with E-state index in [9.17, 15) is 19.5 Å². The number of Topliss-reactive ketones (excluding diaryl/α,β-unsaturated/α-hetero) is 1. The van der Waals surface area contributed by atoms with E-state index in [2.05, 4.69) is 29.0 Å². The molecule has 3 heterocycles. The zero-order valence-corrected chi connectivity index (χ0v) is 23.1. The lowest BCUT2D eigenvalue weighted by atomic mass is 9.49. The van der Waals surface area contributed by atoms with Crippen molar-refractivity contribution in [2.24, 2.45) is 45.8 Å². The van der Waals surface area contributed by atoms with Crippen LogP contribution in [0, 0.1) is 45.8 Å². The number of piperidine rings is 1. The largest absolute Gasteiger partial charge is 0.445 e. The average molecular weight is 536 g/mol. The minimum Gasteiger partial charge on any atom is -0.445 e. The van der Waals surface area contributed by atoms with Crippen molar-refractivity contribution in [2.75, 3.05) is 19.6 Å². The summed E-state index contributed by atoms with van der Waals surface area (Å²) >= 11 is 0. The molecule has 4 saturated carbocycles. The highest BCUT2D eigenvalue weighted by Crippen LogP contribution is 2.77. The minimum atomic E-state index is -0.696. The zero-order chi connectivity index (χ0) is 27.2. The van der Waals surface area contributed by atoms with Gasteiger partial charge in [-0.2, -0.15) is 0 Å². The lowest BCUT2D eigenvalue weighted by molar-refractivity contribution is -0.164. The molecule has 210 valence electrons. The first-order chi connectivity index (χ1) is 18.7. The number of ether oxygens (including phenoxy) is 1. The fourth-order valence-corrected chi connectivity index (χ4v) is 10.3. The van der Waals surface area contributed by atoms with E-state index in [4.69, 9.17) is 4.74 Å². The number of pyridine rings is 1. The molecule has 6 aliphatic rings. The minimum absolute atomic E-state index is 0.0386. The molecule has 1 aromatic heterocycles. The maximum absolute atomic E-state index is 13.6. The van der Waals surface area contributed by atoms with Crippen molar-refractivity contribution in [3.8, 4) is 0 Å². The molecular formula is C31H41N3O5. The molecule has 3 unspecified atom stereocenters. The Kier molecular flexibility index (Phi) is 5.81. The molecule has 1 spiro atoms. The van der Waals surface area contributed by atoms with Gasteiger partial charge in [0.15, 0.2) is 0 Å². The highest BCUT2D eigenvalue weighted by Gasteiger charge is 2.77. The van der Waals surface area contributed by atoms with Crippen LogP contribution in [0.5, 0.6) is 0 Å². The van der Waals surface area contributed by atoms with E-state index in [0.717, 1.165) is 50.8 Å². The Bertz CT molecular complexity index is 1190. The van der Waals surface area contributed by atoms with Crippen LogP contribution in [-0.2, 0) is 20.7 Å². The van der Waals surface area contributed by atoms with Gasteiger partial charge in [-0.15, -0.1) is 0 Å². The summed E-state index contributed by atoms with van der Waals surface area (Å²) in [4.78, 5) is 46.5. The van der Waals surface area contributed by atoms with E-state index < -0.39 is 29.1 Å². The molecule has 2 aliphatic heterocycles. The first kappa shape index (κ1) is 25.6. The van der Waals surface area contributed by atoms with Gasteiger partial charge in [-0.05, 0) is 92.4 Å². The van der Waals surface area contributed by atoms with Crippen molar-refractivity contribution in [1.29, 1.82) is 0 Å². The van der Waals surface area contributed by atoms with Gasteiger partial charge in [0.2, 0.25) is 5.91 Å². The number of hydrogen-bond donors (Lipinski definition) is 2. The predicted molar refractivity (Wildman–Crippen MR) is 142 cm³/mol. The number of ketones is 1. The summed E-state index contributed by atoms with van der Waals surface area (Å²) < 4.78 is 6.28. The van der Waals surface area contributed by atoms with Gasteiger partial charge in [-0.3, -0.25) is 19.9 Å². The van der Waals surface area contributed by atoms with Gasteiger partial charge in [0, 0.05) is 48.7 Å². The SMILES string of the molecule is C[C@H]1[C@H](O)[C@](C)(Cc2ccncc2)C[C@@H](OC(=O)NC(=O)[C@H]2CN3CC[C@@H]2C3)[C@]23C[C@@H]2CCC12CCC(=O)C23. The smallest absolute Gasteiger partial charge is 0.414 e. The molecular weight excluding hydrogens is 494 g/mol. The maximum Gasteiger partial charge on any atom is 0.414 e. The Balaban J connectivity index is 1.21. The van der Waals surface area contributed by atoms with Crippen molar-refractivity contribution >= 4 is 17.8 Å². The predicted octanol–water partition coefficient (Wildman–Crippen LogP) is 3.37. The second-order valence-corrected chi connectivity index (χ2v) is 14.1.